The first kappa shape index (κ1) is 33.5. The number of ether oxygens (including phenoxy) is 1. The molecule has 0 unspecified atom stereocenters. The van der Waals surface area contributed by atoms with Gasteiger partial charge in [0.25, 0.3) is 0 Å². The van der Waals surface area contributed by atoms with Gasteiger partial charge in [-0.1, -0.05) is 55.2 Å². The van der Waals surface area contributed by atoms with Crippen LogP contribution in [-0.2, 0) is 19.7 Å². The summed E-state index contributed by atoms with van der Waals surface area (Å²) in [5, 5.41) is 16.2. The van der Waals surface area contributed by atoms with Gasteiger partial charge in [0.1, 0.15) is 17.0 Å². The van der Waals surface area contributed by atoms with Gasteiger partial charge in [0, 0.05) is 34.5 Å². The predicted molar refractivity (Wildman–Crippen MR) is 146 cm³/mol. The zero-order chi connectivity index (χ0) is 31.5. The third kappa shape index (κ3) is 6.97. The van der Waals surface area contributed by atoms with Gasteiger partial charge in [-0.3, -0.25) is 4.79 Å². The third-order valence-corrected chi connectivity index (χ3v) is 7.70. The molecule has 1 heterocycles. The minimum absolute atomic E-state index is 0.00722. The molecule has 1 fully saturated rings. The Balaban J connectivity index is 2.22. The molecular formula is C28H29Cl2F5N4O3. The number of esters is 1. The van der Waals surface area contributed by atoms with Crippen molar-refractivity contribution in [3.8, 4) is 6.07 Å². The number of hydrogen-bond acceptors (Lipinski definition) is 6. The third-order valence-electron chi connectivity index (χ3n) is 7.18. The molecule has 3 rings (SSSR count). The van der Waals surface area contributed by atoms with Gasteiger partial charge >= 0.3 is 12.1 Å². The SMILES string of the molecule is CC(C)(COC(=O)C(F)(F)F)C[C@@H]1N[C@@H](C(=O)NCCCN)[C@H](c2cccc(Cl)c2F)[C@@]1(C#N)c1ccc(Cl)cc1F. The van der Waals surface area contributed by atoms with Crippen molar-refractivity contribution in [3.05, 3.63) is 69.2 Å². The Kier molecular flexibility index (Phi) is 10.5. The Morgan fingerprint density at radius 2 is 1.88 bits per heavy atom. The van der Waals surface area contributed by atoms with Crippen molar-refractivity contribution in [2.45, 2.75) is 56.3 Å². The smallest absolute Gasteiger partial charge is 0.458 e. The van der Waals surface area contributed by atoms with Gasteiger partial charge in [-0.15, -0.1) is 0 Å². The Bertz CT molecular complexity index is 1370. The molecule has 14 heteroatoms. The van der Waals surface area contributed by atoms with Crippen molar-refractivity contribution in [1.29, 1.82) is 5.26 Å². The Hall–Kier alpha value is -2.98. The van der Waals surface area contributed by atoms with E-state index >= 15 is 8.78 Å². The number of benzene rings is 2. The lowest BCUT2D eigenvalue weighted by atomic mass is 9.62. The van der Waals surface area contributed by atoms with Gasteiger partial charge in [0.05, 0.1) is 23.7 Å². The molecule has 1 saturated heterocycles. The molecule has 42 heavy (non-hydrogen) atoms. The number of nitrogens with zero attached hydrogens (tertiary/aromatic N) is 1. The van der Waals surface area contributed by atoms with Gasteiger partial charge in [-0.05, 0) is 43.1 Å². The van der Waals surface area contributed by atoms with E-state index in [-0.39, 0.29) is 40.7 Å². The number of carbonyl (C=O) groups is 2. The molecule has 0 spiro atoms. The maximum atomic E-state index is 15.7. The van der Waals surface area contributed by atoms with Crippen LogP contribution in [0.15, 0.2) is 36.4 Å². The number of rotatable bonds is 10. The molecule has 0 bridgehead atoms. The molecule has 7 nitrogen and oxygen atoms in total. The molecular weight excluding hydrogens is 606 g/mol. The van der Waals surface area contributed by atoms with Crippen molar-refractivity contribution in [2.24, 2.45) is 11.1 Å². The minimum atomic E-state index is -5.23. The molecule has 1 amide bonds. The van der Waals surface area contributed by atoms with Crippen molar-refractivity contribution in [3.63, 3.8) is 0 Å². The number of nitrogens with two attached hydrogens (primary N) is 1. The number of hydrogen-bond donors (Lipinski definition) is 3. The lowest BCUT2D eigenvalue weighted by molar-refractivity contribution is -0.202. The van der Waals surface area contributed by atoms with Crippen molar-refractivity contribution >= 4 is 35.1 Å². The summed E-state index contributed by atoms with van der Waals surface area (Å²) in [6, 6.07) is 7.16. The molecule has 0 radical (unpaired) electrons. The second-order valence-corrected chi connectivity index (χ2v) is 11.6. The average molecular weight is 635 g/mol. The summed E-state index contributed by atoms with van der Waals surface area (Å²) in [6.07, 6.45) is -5.03. The zero-order valence-corrected chi connectivity index (χ0v) is 24.1. The van der Waals surface area contributed by atoms with Gasteiger partial charge in [-0.2, -0.15) is 18.4 Å². The topological polar surface area (TPSA) is 117 Å². The molecule has 0 aromatic heterocycles. The number of alkyl halides is 3. The first-order valence-electron chi connectivity index (χ1n) is 12.9. The monoisotopic (exact) mass is 634 g/mol. The molecule has 228 valence electrons. The fourth-order valence-electron chi connectivity index (χ4n) is 5.32. The summed E-state index contributed by atoms with van der Waals surface area (Å²) >= 11 is 12.1. The van der Waals surface area contributed by atoms with Crippen LogP contribution < -0.4 is 16.4 Å². The largest absolute Gasteiger partial charge is 0.490 e. The van der Waals surface area contributed by atoms with Gasteiger partial charge < -0.3 is 21.1 Å². The highest BCUT2D eigenvalue weighted by Crippen LogP contribution is 2.52. The first-order chi connectivity index (χ1) is 19.6. The standard InChI is InChI=1S/C28H29Cl2F5N4O3/c1-26(2,14-42-25(41)28(33,34)35)12-20-27(13-37,17-8-7-15(29)11-19(17)31)21(16-5-3-6-18(30)22(16)32)23(39-20)24(40)38-10-4-9-36/h3,5-8,11,20-21,23,39H,4,9-10,12,14,36H2,1-2H3,(H,38,40)/t20-,21-,23+,27-/m0/s1. The molecule has 0 aliphatic carbocycles. The number of amides is 1. The summed E-state index contributed by atoms with van der Waals surface area (Å²) < 4.78 is 74.2. The van der Waals surface area contributed by atoms with Crippen LogP contribution in [0.25, 0.3) is 0 Å². The number of nitrogens with one attached hydrogen (secondary N) is 2. The fraction of sp³-hybridized carbons (Fsp3) is 0.464. The Morgan fingerprint density at radius 1 is 1.19 bits per heavy atom. The molecule has 1 aliphatic rings. The van der Waals surface area contributed by atoms with E-state index in [1.165, 1.54) is 44.2 Å². The van der Waals surface area contributed by atoms with Crippen LogP contribution in [0.1, 0.15) is 43.7 Å². The summed E-state index contributed by atoms with van der Waals surface area (Å²) in [4.78, 5) is 24.9. The second kappa shape index (κ2) is 13.1. The summed E-state index contributed by atoms with van der Waals surface area (Å²) in [5.41, 5.74) is 1.87. The van der Waals surface area contributed by atoms with E-state index in [0.29, 0.717) is 6.42 Å². The number of nitriles is 1. The van der Waals surface area contributed by atoms with Crippen LogP contribution in [0.4, 0.5) is 22.0 Å². The van der Waals surface area contributed by atoms with Gasteiger partial charge in [0.2, 0.25) is 5.91 Å². The highest BCUT2D eigenvalue weighted by molar-refractivity contribution is 6.31. The molecule has 4 N–H and O–H groups in total. The molecule has 1 aliphatic heterocycles. The van der Waals surface area contributed by atoms with Gasteiger partial charge in [-0.25, -0.2) is 13.6 Å². The van der Waals surface area contributed by atoms with E-state index in [1.807, 2.05) is 0 Å². The number of halogens is 7. The quantitative estimate of drug-likeness (QED) is 0.189. The van der Waals surface area contributed by atoms with Crippen LogP contribution in [0.5, 0.6) is 0 Å². The lowest BCUT2D eigenvalue weighted by Gasteiger charge is -2.38. The normalized spacial score (nSPS) is 22.5. The van der Waals surface area contributed by atoms with E-state index in [0.717, 1.165) is 6.07 Å². The molecule has 2 aromatic carbocycles. The van der Waals surface area contributed by atoms with Crippen LogP contribution in [0, 0.1) is 28.4 Å². The highest BCUT2D eigenvalue weighted by Gasteiger charge is 2.61. The first-order valence-corrected chi connectivity index (χ1v) is 13.6. The summed E-state index contributed by atoms with van der Waals surface area (Å²) in [7, 11) is 0. The molecule has 4 atom stereocenters. The number of carbonyl (C=O) groups excluding carboxylic acids is 2. The average Bonchev–Trinajstić information content (AvgIpc) is 3.22. The van der Waals surface area contributed by atoms with E-state index < -0.39 is 65.1 Å². The molecule has 0 saturated carbocycles. The van der Waals surface area contributed by atoms with Crippen LogP contribution in [-0.4, -0.2) is 49.8 Å². The Morgan fingerprint density at radius 3 is 2.48 bits per heavy atom. The maximum absolute atomic E-state index is 15.7. The highest BCUT2D eigenvalue weighted by atomic mass is 35.5. The molecule has 2 aromatic rings. The van der Waals surface area contributed by atoms with Crippen LogP contribution in [0.2, 0.25) is 10.0 Å². The zero-order valence-electron chi connectivity index (χ0n) is 22.6. The maximum Gasteiger partial charge on any atom is 0.490 e. The van der Waals surface area contributed by atoms with Crippen molar-refractivity contribution in [1.82, 2.24) is 10.6 Å². The minimum Gasteiger partial charge on any atom is -0.458 e. The van der Waals surface area contributed by atoms with E-state index in [1.54, 1.807) is 0 Å². The van der Waals surface area contributed by atoms with Gasteiger partial charge in [0.15, 0.2) is 0 Å². The summed E-state index contributed by atoms with van der Waals surface area (Å²) in [5.74, 6) is -6.28. The Labute approximate surface area is 249 Å². The van der Waals surface area contributed by atoms with E-state index in [9.17, 15) is 28.0 Å². The van der Waals surface area contributed by atoms with E-state index in [4.69, 9.17) is 28.9 Å². The van der Waals surface area contributed by atoms with E-state index in [2.05, 4.69) is 21.4 Å². The second-order valence-electron chi connectivity index (χ2n) is 10.8. The van der Waals surface area contributed by atoms with Crippen molar-refractivity contribution < 1.29 is 36.3 Å². The fourth-order valence-corrected chi connectivity index (χ4v) is 5.66. The lowest BCUT2D eigenvalue weighted by Crippen LogP contribution is -2.47. The predicted octanol–water partition coefficient (Wildman–Crippen LogP) is 5.14. The van der Waals surface area contributed by atoms with Crippen molar-refractivity contribution in [2.75, 3.05) is 19.7 Å². The van der Waals surface area contributed by atoms with Crippen LogP contribution >= 0.6 is 23.2 Å². The summed E-state index contributed by atoms with van der Waals surface area (Å²) in [6.45, 7) is 2.63. The van der Waals surface area contributed by atoms with Crippen LogP contribution in [0.3, 0.4) is 0 Å².